The number of unbranched alkanes of at least 4 members (excludes halogenated alkanes) is 2. The van der Waals surface area contributed by atoms with Gasteiger partial charge in [-0.15, -0.1) is 0 Å². The number of carbonyl (C=O) groups excluding carboxylic acids is 2. The Morgan fingerprint density at radius 3 is 2.74 bits per heavy atom. The number of hydrogen-bond acceptors (Lipinski definition) is 3. The van der Waals surface area contributed by atoms with Crippen LogP contribution in [-0.4, -0.2) is 29.4 Å². The lowest BCUT2D eigenvalue weighted by molar-refractivity contribution is -0.120. The Kier molecular flexibility index (Phi) is 7.11. The molecular formula is C19H27NO3. The van der Waals surface area contributed by atoms with E-state index in [0.29, 0.717) is 19.4 Å². The van der Waals surface area contributed by atoms with Crippen LogP contribution in [-0.2, 0) is 16.1 Å². The average Bonchev–Trinajstić information content (AvgIpc) is 3.02. The minimum absolute atomic E-state index is 0.0207. The lowest BCUT2D eigenvalue weighted by atomic mass is 10.0. The summed E-state index contributed by atoms with van der Waals surface area (Å²) in [6.07, 6.45) is 5.85. The second-order valence-electron chi connectivity index (χ2n) is 6.23. The van der Waals surface area contributed by atoms with Crippen LogP contribution >= 0.6 is 0 Å². The Morgan fingerprint density at radius 1 is 1.22 bits per heavy atom. The van der Waals surface area contributed by atoms with E-state index in [0.717, 1.165) is 37.7 Å². The Bertz CT molecular complexity index is 501. The molecule has 0 radical (unpaired) electrons. The van der Waals surface area contributed by atoms with E-state index in [1.54, 1.807) is 4.90 Å². The summed E-state index contributed by atoms with van der Waals surface area (Å²) in [6, 6.07) is 9.68. The second-order valence-corrected chi connectivity index (χ2v) is 6.23. The zero-order valence-electron chi connectivity index (χ0n) is 14.0. The molecule has 1 saturated heterocycles. The third kappa shape index (κ3) is 5.70. The summed E-state index contributed by atoms with van der Waals surface area (Å²) < 4.78 is 5.40. The smallest absolute Gasteiger partial charge is 0.410 e. The van der Waals surface area contributed by atoms with Gasteiger partial charge in [-0.3, -0.25) is 4.79 Å². The molecule has 1 aliphatic heterocycles. The first-order chi connectivity index (χ1) is 11.2. The summed E-state index contributed by atoms with van der Waals surface area (Å²) in [4.78, 5) is 26.0. The number of benzene rings is 1. The van der Waals surface area contributed by atoms with E-state index in [1.165, 1.54) is 0 Å². The fourth-order valence-electron chi connectivity index (χ4n) is 3.03. The Morgan fingerprint density at radius 2 is 2.00 bits per heavy atom. The minimum Gasteiger partial charge on any atom is -0.445 e. The van der Waals surface area contributed by atoms with E-state index in [-0.39, 0.29) is 24.5 Å². The van der Waals surface area contributed by atoms with Crippen molar-refractivity contribution in [3.05, 3.63) is 35.9 Å². The fourth-order valence-corrected chi connectivity index (χ4v) is 3.03. The largest absolute Gasteiger partial charge is 0.445 e. The molecular weight excluding hydrogens is 290 g/mol. The molecule has 0 bridgehead atoms. The zero-order chi connectivity index (χ0) is 16.5. The van der Waals surface area contributed by atoms with Gasteiger partial charge in [0.25, 0.3) is 0 Å². The first-order valence-corrected chi connectivity index (χ1v) is 8.69. The summed E-state index contributed by atoms with van der Waals surface area (Å²) in [6.45, 7) is 3.11. The quantitative estimate of drug-likeness (QED) is 0.671. The predicted octanol–water partition coefficient (Wildman–Crippen LogP) is 4.33. The van der Waals surface area contributed by atoms with Crippen LogP contribution in [0.25, 0.3) is 0 Å². The van der Waals surface area contributed by atoms with Gasteiger partial charge in [0.15, 0.2) is 0 Å². The zero-order valence-corrected chi connectivity index (χ0v) is 14.0. The lowest BCUT2D eigenvalue weighted by Crippen LogP contribution is -2.37. The summed E-state index contributed by atoms with van der Waals surface area (Å²) in [7, 11) is 0. The van der Waals surface area contributed by atoms with Crippen molar-refractivity contribution >= 4 is 11.9 Å². The van der Waals surface area contributed by atoms with Gasteiger partial charge in [-0.05, 0) is 24.8 Å². The first-order valence-electron chi connectivity index (χ1n) is 8.69. The van der Waals surface area contributed by atoms with Crippen molar-refractivity contribution in [1.82, 2.24) is 4.90 Å². The third-order valence-corrected chi connectivity index (χ3v) is 4.34. The first kappa shape index (κ1) is 17.5. The molecule has 1 heterocycles. The van der Waals surface area contributed by atoms with Gasteiger partial charge >= 0.3 is 6.09 Å². The number of Topliss-reactive ketones (excluding diaryl/α,β-unsaturated/α-hetero) is 1. The van der Waals surface area contributed by atoms with Crippen molar-refractivity contribution in [2.75, 3.05) is 6.54 Å². The molecule has 23 heavy (non-hydrogen) atoms. The standard InChI is InChI=1S/C19H27NO3/c1-2-3-5-12-18(21)14-17-11-8-13-20(17)19(22)23-15-16-9-6-4-7-10-16/h4,6-7,9-10,17H,2-3,5,8,11-15H2,1H3/t17-/m1/s1. The highest BCUT2D eigenvalue weighted by molar-refractivity contribution is 5.80. The molecule has 1 aromatic carbocycles. The maximum atomic E-state index is 12.3. The number of rotatable bonds is 8. The lowest BCUT2D eigenvalue weighted by Gasteiger charge is -2.23. The van der Waals surface area contributed by atoms with Gasteiger partial charge in [-0.1, -0.05) is 50.1 Å². The van der Waals surface area contributed by atoms with E-state index in [9.17, 15) is 9.59 Å². The highest BCUT2D eigenvalue weighted by atomic mass is 16.6. The molecule has 0 spiro atoms. The number of amides is 1. The van der Waals surface area contributed by atoms with Gasteiger partial charge in [0.05, 0.1) is 0 Å². The van der Waals surface area contributed by atoms with Gasteiger partial charge in [0.2, 0.25) is 0 Å². The topological polar surface area (TPSA) is 46.6 Å². The molecule has 1 aliphatic rings. The molecule has 0 unspecified atom stereocenters. The van der Waals surface area contributed by atoms with Crippen molar-refractivity contribution in [3.63, 3.8) is 0 Å². The Hall–Kier alpha value is -1.84. The van der Waals surface area contributed by atoms with Crippen molar-refractivity contribution in [1.29, 1.82) is 0 Å². The second kappa shape index (κ2) is 9.33. The molecule has 2 rings (SSSR count). The number of carbonyl (C=O) groups is 2. The van der Waals surface area contributed by atoms with Gasteiger partial charge in [-0.2, -0.15) is 0 Å². The Labute approximate surface area is 138 Å². The van der Waals surface area contributed by atoms with Crippen LogP contribution in [0.4, 0.5) is 4.79 Å². The SMILES string of the molecule is CCCCCC(=O)C[C@H]1CCCN1C(=O)OCc1ccccc1. The summed E-state index contributed by atoms with van der Waals surface area (Å²) in [5.41, 5.74) is 0.979. The maximum Gasteiger partial charge on any atom is 0.410 e. The van der Waals surface area contributed by atoms with Crippen LogP contribution in [0, 0.1) is 0 Å². The molecule has 1 amide bonds. The van der Waals surface area contributed by atoms with Gasteiger partial charge in [0.1, 0.15) is 12.4 Å². The minimum atomic E-state index is -0.294. The monoisotopic (exact) mass is 317 g/mol. The molecule has 4 heteroatoms. The molecule has 1 fully saturated rings. The molecule has 1 aromatic rings. The van der Waals surface area contributed by atoms with Crippen molar-refractivity contribution in [2.45, 2.75) is 64.5 Å². The fraction of sp³-hybridized carbons (Fsp3) is 0.579. The number of ketones is 1. The third-order valence-electron chi connectivity index (χ3n) is 4.34. The van der Waals surface area contributed by atoms with E-state index in [4.69, 9.17) is 4.74 Å². The van der Waals surface area contributed by atoms with Crippen molar-refractivity contribution < 1.29 is 14.3 Å². The normalized spacial score (nSPS) is 17.3. The highest BCUT2D eigenvalue weighted by Crippen LogP contribution is 2.22. The number of hydrogen-bond donors (Lipinski definition) is 0. The molecule has 1 atom stereocenters. The van der Waals surface area contributed by atoms with Crippen LogP contribution in [0.2, 0.25) is 0 Å². The van der Waals surface area contributed by atoms with Gasteiger partial charge in [-0.25, -0.2) is 4.79 Å². The Balaban J connectivity index is 1.78. The van der Waals surface area contributed by atoms with Crippen molar-refractivity contribution in [3.8, 4) is 0 Å². The van der Waals surface area contributed by atoms with E-state index in [2.05, 4.69) is 6.92 Å². The van der Waals surface area contributed by atoms with E-state index < -0.39 is 0 Å². The number of likely N-dealkylation sites (tertiary alicyclic amines) is 1. The summed E-state index contributed by atoms with van der Waals surface area (Å²) in [5, 5.41) is 0. The van der Waals surface area contributed by atoms with Crippen LogP contribution < -0.4 is 0 Å². The highest BCUT2D eigenvalue weighted by Gasteiger charge is 2.31. The molecule has 0 N–H and O–H groups in total. The van der Waals surface area contributed by atoms with Crippen molar-refractivity contribution in [2.24, 2.45) is 0 Å². The van der Waals surface area contributed by atoms with E-state index in [1.807, 2.05) is 30.3 Å². The van der Waals surface area contributed by atoms with Crippen LogP contribution in [0.1, 0.15) is 57.4 Å². The van der Waals surface area contributed by atoms with Gasteiger partial charge in [0, 0.05) is 25.4 Å². The van der Waals surface area contributed by atoms with E-state index >= 15 is 0 Å². The molecule has 0 aromatic heterocycles. The van der Waals surface area contributed by atoms with Crippen LogP contribution in [0.15, 0.2) is 30.3 Å². The maximum absolute atomic E-state index is 12.3. The van der Waals surface area contributed by atoms with Gasteiger partial charge < -0.3 is 9.64 Å². The molecule has 4 nitrogen and oxygen atoms in total. The number of nitrogens with zero attached hydrogens (tertiary/aromatic N) is 1. The summed E-state index contributed by atoms with van der Waals surface area (Å²) >= 11 is 0. The molecule has 126 valence electrons. The van der Waals surface area contributed by atoms with Crippen LogP contribution in [0.3, 0.4) is 0 Å². The average molecular weight is 317 g/mol. The molecule has 0 aliphatic carbocycles. The predicted molar refractivity (Wildman–Crippen MR) is 90.1 cm³/mol. The van der Waals surface area contributed by atoms with Crippen LogP contribution in [0.5, 0.6) is 0 Å². The number of ether oxygens (including phenoxy) is 1. The summed E-state index contributed by atoms with van der Waals surface area (Å²) in [5.74, 6) is 0.270. The molecule has 0 saturated carbocycles.